The average molecular weight is 302 g/mol. The average Bonchev–Trinajstić information content (AvgIpc) is 2.50. The van der Waals surface area contributed by atoms with Crippen LogP contribution in [0.25, 0.3) is 11.1 Å². The van der Waals surface area contributed by atoms with E-state index in [2.05, 4.69) is 56.0 Å². The summed E-state index contributed by atoms with van der Waals surface area (Å²) in [5.41, 5.74) is 2.51. The number of hydrogen-bond donors (Lipinski definition) is 1. The van der Waals surface area contributed by atoms with Crippen LogP contribution in [0.1, 0.15) is 32.6 Å². The fourth-order valence-electron chi connectivity index (χ4n) is 1.91. The van der Waals surface area contributed by atoms with E-state index in [0.29, 0.717) is 6.42 Å². The second-order valence-corrected chi connectivity index (χ2v) is 5.36. The molecule has 0 atom stereocenters. The molecule has 0 spiro atoms. The predicted molar refractivity (Wildman–Crippen MR) is 86.0 cm³/mol. The summed E-state index contributed by atoms with van der Waals surface area (Å²) in [5.74, 6) is -0.682. The number of carbonyl (C=O) groups is 1. The maximum Gasteiger partial charge on any atom is 0.303 e. The lowest BCUT2D eigenvalue weighted by Crippen LogP contribution is -2.26. The first-order valence-corrected chi connectivity index (χ1v) is 7.65. The van der Waals surface area contributed by atoms with Crippen molar-refractivity contribution in [1.29, 1.82) is 0 Å². The number of nitrogens with zero attached hydrogens (tertiary/aromatic N) is 2. The second kappa shape index (κ2) is 9.66. The van der Waals surface area contributed by atoms with Crippen LogP contribution in [0.4, 0.5) is 0 Å². The number of hydrogen-bond acceptors (Lipinski definition) is 1. The van der Waals surface area contributed by atoms with Crippen molar-refractivity contribution in [3.63, 3.8) is 0 Å². The maximum atomic E-state index is 9.87. The van der Waals surface area contributed by atoms with Gasteiger partial charge in [-0.25, -0.2) is 9.13 Å². The first kappa shape index (κ1) is 17.8. The van der Waals surface area contributed by atoms with Crippen LogP contribution in [0.5, 0.6) is 0 Å². The lowest BCUT2D eigenvalue weighted by atomic mass is 10.1. The van der Waals surface area contributed by atoms with Gasteiger partial charge >= 0.3 is 5.97 Å². The molecule has 0 amide bonds. The van der Waals surface area contributed by atoms with Gasteiger partial charge in [0.1, 0.15) is 14.1 Å². The van der Waals surface area contributed by atoms with Crippen molar-refractivity contribution in [2.45, 2.75) is 32.6 Å². The van der Waals surface area contributed by atoms with Crippen LogP contribution in [0.3, 0.4) is 0 Å². The standard InChI is InChI=1S/C12H14N2.C6H12O2/c1-13-7-3-11(4-8-13)12-5-9-14(2)10-6-12;1-2-3-4-5-6(7)8/h3-10H,1-2H3;2-5H2,1H3,(H,7,8)/q+2;. The van der Waals surface area contributed by atoms with Gasteiger partial charge in [-0.15, -0.1) is 0 Å². The number of carboxylic acid groups (broad SMARTS) is 1. The lowest BCUT2D eigenvalue weighted by molar-refractivity contribution is -0.671. The van der Waals surface area contributed by atoms with Gasteiger partial charge in [0.15, 0.2) is 24.8 Å². The molecular formula is C18H26N2O2+2. The molecule has 0 aliphatic heterocycles. The van der Waals surface area contributed by atoms with E-state index in [1.807, 2.05) is 23.2 Å². The smallest absolute Gasteiger partial charge is 0.303 e. The van der Waals surface area contributed by atoms with Crippen molar-refractivity contribution in [3.8, 4) is 11.1 Å². The molecule has 1 N–H and O–H groups in total. The molecule has 0 saturated carbocycles. The zero-order valence-electron chi connectivity index (χ0n) is 13.7. The molecule has 0 aliphatic carbocycles. The molecule has 0 aromatic carbocycles. The molecule has 2 aromatic rings. The van der Waals surface area contributed by atoms with Crippen molar-refractivity contribution in [2.24, 2.45) is 14.1 Å². The van der Waals surface area contributed by atoms with E-state index >= 15 is 0 Å². The molecule has 4 heteroatoms. The molecule has 2 rings (SSSR count). The molecule has 2 aromatic heterocycles. The molecule has 0 radical (unpaired) electrons. The van der Waals surface area contributed by atoms with E-state index in [1.54, 1.807) is 0 Å². The second-order valence-electron chi connectivity index (χ2n) is 5.36. The van der Waals surface area contributed by atoms with E-state index in [9.17, 15) is 4.79 Å². The Balaban J connectivity index is 0.000000261. The third-order valence-electron chi connectivity index (χ3n) is 3.28. The highest BCUT2D eigenvalue weighted by molar-refractivity contribution is 5.66. The quantitative estimate of drug-likeness (QED) is 0.682. The van der Waals surface area contributed by atoms with Gasteiger partial charge in [-0.1, -0.05) is 19.8 Å². The molecule has 0 unspecified atom stereocenters. The predicted octanol–water partition coefficient (Wildman–Crippen LogP) is 2.65. The Morgan fingerprint density at radius 2 is 1.32 bits per heavy atom. The summed E-state index contributed by atoms with van der Waals surface area (Å²) < 4.78 is 4.07. The van der Waals surface area contributed by atoms with Crippen LogP contribution in [-0.2, 0) is 18.9 Å². The molecule has 0 bridgehead atoms. The zero-order valence-corrected chi connectivity index (χ0v) is 13.7. The minimum absolute atomic E-state index is 0.327. The molecule has 0 fully saturated rings. The van der Waals surface area contributed by atoms with Crippen molar-refractivity contribution >= 4 is 5.97 Å². The maximum absolute atomic E-state index is 9.87. The van der Waals surface area contributed by atoms with Crippen LogP contribution in [0.15, 0.2) is 49.1 Å². The third-order valence-corrected chi connectivity index (χ3v) is 3.28. The van der Waals surface area contributed by atoms with Gasteiger partial charge in [-0.05, 0) is 17.5 Å². The normalized spacial score (nSPS) is 9.77. The van der Waals surface area contributed by atoms with Crippen LogP contribution < -0.4 is 9.13 Å². The molecule has 0 saturated heterocycles. The molecule has 0 aliphatic rings. The van der Waals surface area contributed by atoms with Crippen LogP contribution >= 0.6 is 0 Å². The van der Waals surface area contributed by atoms with Gasteiger partial charge in [0.05, 0.1) is 0 Å². The summed E-state index contributed by atoms with van der Waals surface area (Å²) in [5, 5.41) is 8.14. The summed E-state index contributed by atoms with van der Waals surface area (Å²) in [7, 11) is 4.05. The Kier molecular flexibility index (Phi) is 7.83. The van der Waals surface area contributed by atoms with E-state index in [1.165, 1.54) is 11.1 Å². The van der Waals surface area contributed by atoms with Gasteiger partial charge in [-0.2, -0.15) is 0 Å². The number of pyridine rings is 2. The monoisotopic (exact) mass is 302 g/mol. The number of aromatic nitrogens is 2. The SMILES string of the molecule is CCCCCC(=O)O.C[n+]1ccc(-c2cc[n+](C)cc2)cc1. The van der Waals surface area contributed by atoms with Crippen LogP contribution in [0.2, 0.25) is 0 Å². The summed E-state index contributed by atoms with van der Waals surface area (Å²) in [6.07, 6.45) is 11.5. The molecule has 22 heavy (non-hydrogen) atoms. The minimum Gasteiger partial charge on any atom is -0.481 e. The van der Waals surface area contributed by atoms with E-state index < -0.39 is 5.97 Å². The van der Waals surface area contributed by atoms with E-state index in [0.717, 1.165) is 19.3 Å². The largest absolute Gasteiger partial charge is 0.481 e. The van der Waals surface area contributed by atoms with Crippen molar-refractivity contribution in [1.82, 2.24) is 0 Å². The van der Waals surface area contributed by atoms with Crippen molar-refractivity contribution in [3.05, 3.63) is 49.1 Å². The Morgan fingerprint density at radius 1 is 0.909 bits per heavy atom. The fraction of sp³-hybridized carbons (Fsp3) is 0.389. The number of carboxylic acids is 1. The fourth-order valence-corrected chi connectivity index (χ4v) is 1.91. The summed E-state index contributed by atoms with van der Waals surface area (Å²) >= 11 is 0. The first-order chi connectivity index (χ1) is 10.5. The minimum atomic E-state index is -0.682. The van der Waals surface area contributed by atoms with Crippen molar-refractivity contribution in [2.75, 3.05) is 0 Å². The highest BCUT2D eigenvalue weighted by Crippen LogP contribution is 2.14. The van der Waals surface area contributed by atoms with Crippen molar-refractivity contribution < 1.29 is 19.0 Å². The molecular weight excluding hydrogens is 276 g/mol. The highest BCUT2D eigenvalue weighted by atomic mass is 16.4. The van der Waals surface area contributed by atoms with Gasteiger partial charge in [0.2, 0.25) is 0 Å². The number of unbranched alkanes of at least 4 members (excludes halogenated alkanes) is 2. The summed E-state index contributed by atoms with van der Waals surface area (Å²) in [6, 6.07) is 8.48. The topological polar surface area (TPSA) is 45.1 Å². The Bertz CT molecular complexity index is 519. The van der Waals surface area contributed by atoms with Gasteiger partial charge < -0.3 is 5.11 Å². The molecule has 4 nitrogen and oxygen atoms in total. The number of aliphatic carboxylic acids is 1. The van der Waals surface area contributed by atoms with Gasteiger partial charge in [-0.3, -0.25) is 4.79 Å². The van der Waals surface area contributed by atoms with Crippen LogP contribution in [-0.4, -0.2) is 11.1 Å². The summed E-state index contributed by atoms with van der Waals surface area (Å²) in [4.78, 5) is 9.87. The van der Waals surface area contributed by atoms with Crippen LogP contribution in [0, 0.1) is 0 Å². The molecule has 118 valence electrons. The van der Waals surface area contributed by atoms with E-state index in [4.69, 9.17) is 5.11 Å². The highest BCUT2D eigenvalue weighted by Gasteiger charge is 2.00. The van der Waals surface area contributed by atoms with E-state index in [-0.39, 0.29) is 0 Å². The first-order valence-electron chi connectivity index (χ1n) is 7.65. The van der Waals surface area contributed by atoms with Gasteiger partial charge in [0.25, 0.3) is 0 Å². The Morgan fingerprint density at radius 3 is 1.64 bits per heavy atom. The number of rotatable bonds is 5. The Labute approximate surface area is 132 Å². The zero-order chi connectivity index (χ0) is 16.4. The lowest BCUT2D eigenvalue weighted by Gasteiger charge is -1.97. The number of aryl methyl sites for hydroxylation is 2. The third kappa shape index (κ3) is 6.97. The Hall–Kier alpha value is -2.23. The van der Waals surface area contributed by atoms with Gasteiger partial charge in [0, 0.05) is 30.7 Å². The summed E-state index contributed by atoms with van der Waals surface area (Å²) in [6.45, 7) is 2.06. The molecule has 2 heterocycles.